The molecule has 0 bridgehead atoms. The zero-order chi connectivity index (χ0) is 14.4. The molecule has 0 aliphatic rings. The summed E-state index contributed by atoms with van der Waals surface area (Å²) in [6.07, 6.45) is 7.29. The highest BCUT2D eigenvalue weighted by molar-refractivity contribution is 5.25. The molecule has 5 heteroatoms. The fourth-order valence-corrected chi connectivity index (χ4v) is 1.80. The topological polar surface area (TPSA) is 52.0 Å². The Morgan fingerprint density at radius 1 is 1.45 bits per heavy atom. The van der Waals surface area contributed by atoms with Crippen LogP contribution in [0.1, 0.15) is 25.0 Å². The van der Waals surface area contributed by atoms with Gasteiger partial charge >= 0.3 is 0 Å². The number of hydrogen-bond donors (Lipinski definition) is 1. The first-order valence-electron chi connectivity index (χ1n) is 6.66. The van der Waals surface area contributed by atoms with Crippen LogP contribution in [0.25, 0.3) is 6.20 Å². The maximum absolute atomic E-state index is 5.69. The molecule has 2 aromatic rings. The van der Waals surface area contributed by atoms with Gasteiger partial charge in [-0.1, -0.05) is 12.6 Å². The molecule has 20 heavy (non-hydrogen) atoms. The van der Waals surface area contributed by atoms with E-state index in [0.29, 0.717) is 12.4 Å². The second kappa shape index (κ2) is 6.86. The Morgan fingerprint density at radius 2 is 2.30 bits per heavy atom. The summed E-state index contributed by atoms with van der Waals surface area (Å²) in [5, 5.41) is 7.50. The van der Waals surface area contributed by atoms with Crippen molar-refractivity contribution < 1.29 is 4.74 Å². The summed E-state index contributed by atoms with van der Waals surface area (Å²) in [4.78, 5) is 4.27. The van der Waals surface area contributed by atoms with Gasteiger partial charge in [0.25, 0.3) is 0 Å². The van der Waals surface area contributed by atoms with Crippen LogP contribution in [0.3, 0.4) is 0 Å². The van der Waals surface area contributed by atoms with Gasteiger partial charge in [0.15, 0.2) is 0 Å². The molecule has 0 spiro atoms. The lowest BCUT2D eigenvalue weighted by molar-refractivity contribution is 0.229. The van der Waals surface area contributed by atoms with E-state index in [-0.39, 0.29) is 6.10 Å². The van der Waals surface area contributed by atoms with E-state index in [1.807, 2.05) is 38.4 Å². The molecular weight excluding hydrogens is 252 g/mol. The molecule has 0 aliphatic carbocycles. The lowest BCUT2D eigenvalue weighted by atomic mass is 10.2. The predicted octanol–water partition coefficient (Wildman–Crippen LogP) is 2.46. The summed E-state index contributed by atoms with van der Waals surface area (Å²) in [6, 6.07) is 3.94. The summed E-state index contributed by atoms with van der Waals surface area (Å²) in [5.41, 5.74) is 2.16. The van der Waals surface area contributed by atoms with Crippen LogP contribution < -0.4 is 10.1 Å². The number of hydrogen-bond acceptors (Lipinski definition) is 4. The van der Waals surface area contributed by atoms with Gasteiger partial charge in [0.05, 0.1) is 12.3 Å². The van der Waals surface area contributed by atoms with Crippen molar-refractivity contribution in [2.24, 2.45) is 0 Å². The Kier molecular flexibility index (Phi) is 4.90. The number of nitrogens with one attached hydrogen (secondary N) is 1. The molecule has 0 aromatic carbocycles. The first kappa shape index (κ1) is 14.3. The highest BCUT2D eigenvalue weighted by atomic mass is 16.5. The second-order valence-electron chi connectivity index (χ2n) is 4.75. The second-order valence-corrected chi connectivity index (χ2v) is 4.75. The molecule has 1 N–H and O–H groups in total. The van der Waals surface area contributed by atoms with E-state index in [9.17, 15) is 0 Å². The van der Waals surface area contributed by atoms with Crippen molar-refractivity contribution in [2.75, 3.05) is 0 Å². The normalized spacial score (nSPS) is 10.8. The summed E-state index contributed by atoms with van der Waals surface area (Å²) >= 11 is 0. The minimum Gasteiger partial charge on any atom is -0.475 e. The number of nitrogens with zero attached hydrogens (tertiary/aromatic N) is 3. The molecule has 0 saturated heterocycles. The number of ether oxygens (including phenoxy) is 1. The molecule has 0 aliphatic heterocycles. The Labute approximate surface area is 119 Å². The molecule has 2 rings (SSSR count). The van der Waals surface area contributed by atoms with E-state index in [1.165, 1.54) is 0 Å². The Hall–Kier alpha value is -2.14. The van der Waals surface area contributed by atoms with Crippen LogP contribution in [0.5, 0.6) is 5.88 Å². The van der Waals surface area contributed by atoms with Crippen LogP contribution in [-0.4, -0.2) is 20.9 Å². The third-order valence-electron chi connectivity index (χ3n) is 2.68. The van der Waals surface area contributed by atoms with Gasteiger partial charge in [-0.3, -0.25) is 0 Å². The number of rotatable bonds is 7. The molecule has 0 radical (unpaired) electrons. The van der Waals surface area contributed by atoms with Crippen molar-refractivity contribution in [2.45, 2.75) is 33.0 Å². The zero-order valence-electron chi connectivity index (χ0n) is 11.9. The van der Waals surface area contributed by atoms with Crippen molar-refractivity contribution in [3.8, 4) is 5.88 Å². The monoisotopic (exact) mass is 272 g/mol. The summed E-state index contributed by atoms with van der Waals surface area (Å²) in [5.74, 6) is 0.691. The van der Waals surface area contributed by atoms with Gasteiger partial charge in [-0.05, 0) is 19.9 Å². The van der Waals surface area contributed by atoms with Crippen molar-refractivity contribution in [1.29, 1.82) is 0 Å². The molecule has 5 nitrogen and oxygen atoms in total. The van der Waals surface area contributed by atoms with Gasteiger partial charge in [-0.2, -0.15) is 5.10 Å². The maximum Gasteiger partial charge on any atom is 0.218 e. The molecule has 2 heterocycles. The van der Waals surface area contributed by atoms with Crippen LogP contribution >= 0.6 is 0 Å². The van der Waals surface area contributed by atoms with Gasteiger partial charge in [0.2, 0.25) is 5.88 Å². The third kappa shape index (κ3) is 3.93. The molecule has 0 atom stereocenters. The van der Waals surface area contributed by atoms with Crippen LogP contribution in [0.15, 0.2) is 37.3 Å². The molecule has 0 saturated carbocycles. The van der Waals surface area contributed by atoms with E-state index in [1.54, 1.807) is 17.1 Å². The van der Waals surface area contributed by atoms with Crippen molar-refractivity contribution in [1.82, 2.24) is 20.1 Å². The Balaban J connectivity index is 1.91. The standard InChI is InChI=1S/C15H20N4O/c1-4-19-11-13(9-18-19)8-16-10-14-6-5-7-17-15(14)20-12(2)3/h4-7,9,11-12,16H,1,8,10H2,2-3H3. The molecule has 0 unspecified atom stereocenters. The maximum atomic E-state index is 5.69. The predicted molar refractivity (Wildman–Crippen MR) is 79.2 cm³/mol. The molecule has 0 fully saturated rings. The van der Waals surface area contributed by atoms with Crippen molar-refractivity contribution in [3.05, 3.63) is 48.4 Å². The van der Waals surface area contributed by atoms with E-state index < -0.39 is 0 Å². The van der Waals surface area contributed by atoms with Crippen LogP contribution in [0.2, 0.25) is 0 Å². The number of pyridine rings is 1. The van der Waals surface area contributed by atoms with Gasteiger partial charge in [0, 0.05) is 42.8 Å². The average Bonchev–Trinajstić information content (AvgIpc) is 2.88. The summed E-state index contributed by atoms with van der Waals surface area (Å²) < 4.78 is 7.38. The van der Waals surface area contributed by atoms with E-state index in [2.05, 4.69) is 22.0 Å². The first-order valence-corrected chi connectivity index (χ1v) is 6.66. The van der Waals surface area contributed by atoms with Gasteiger partial charge < -0.3 is 10.1 Å². The number of aromatic nitrogens is 3. The van der Waals surface area contributed by atoms with Gasteiger partial charge in [0.1, 0.15) is 0 Å². The lowest BCUT2D eigenvalue weighted by Gasteiger charge is -2.13. The molecule has 106 valence electrons. The van der Waals surface area contributed by atoms with Crippen molar-refractivity contribution in [3.63, 3.8) is 0 Å². The minimum absolute atomic E-state index is 0.120. The SMILES string of the molecule is C=Cn1cc(CNCc2cccnc2OC(C)C)cn1. The van der Waals surface area contributed by atoms with Crippen molar-refractivity contribution >= 4 is 6.20 Å². The smallest absolute Gasteiger partial charge is 0.218 e. The van der Waals surface area contributed by atoms with E-state index >= 15 is 0 Å². The lowest BCUT2D eigenvalue weighted by Crippen LogP contribution is -2.15. The van der Waals surface area contributed by atoms with Crippen LogP contribution in [0.4, 0.5) is 0 Å². The van der Waals surface area contributed by atoms with Crippen LogP contribution in [-0.2, 0) is 13.1 Å². The highest BCUT2D eigenvalue weighted by Crippen LogP contribution is 2.15. The van der Waals surface area contributed by atoms with E-state index in [4.69, 9.17) is 4.74 Å². The highest BCUT2D eigenvalue weighted by Gasteiger charge is 2.06. The molecular formula is C15H20N4O. The molecule has 0 amide bonds. The fraction of sp³-hybridized carbons (Fsp3) is 0.333. The van der Waals surface area contributed by atoms with Crippen LogP contribution in [0, 0.1) is 0 Å². The largest absolute Gasteiger partial charge is 0.475 e. The zero-order valence-corrected chi connectivity index (χ0v) is 11.9. The minimum atomic E-state index is 0.120. The third-order valence-corrected chi connectivity index (χ3v) is 2.68. The summed E-state index contributed by atoms with van der Waals surface area (Å²) in [7, 11) is 0. The summed E-state index contributed by atoms with van der Waals surface area (Å²) in [6.45, 7) is 9.10. The fourth-order valence-electron chi connectivity index (χ4n) is 1.80. The average molecular weight is 272 g/mol. The van der Waals surface area contributed by atoms with E-state index in [0.717, 1.165) is 17.7 Å². The quantitative estimate of drug-likeness (QED) is 0.841. The Bertz CT molecular complexity index is 563. The van der Waals surface area contributed by atoms with Gasteiger partial charge in [-0.25, -0.2) is 9.67 Å². The first-order chi connectivity index (χ1) is 9.69. The van der Waals surface area contributed by atoms with Gasteiger partial charge in [-0.15, -0.1) is 0 Å². The Morgan fingerprint density at radius 3 is 3.00 bits per heavy atom. The molecule has 2 aromatic heterocycles.